The number of unbranched alkanes of at least 4 members (excludes halogenated alkanes) is 8. The van der Waals surface area contributed by atoms with Crippen molar-refractivity contribution in [1.82, 2.24) is 5.43 Å². The van der Waals surface area contributed by atoms with Crippen molar-refractivity contribution >= 4 is 0 Å². The lowest BCUT2D eigenvalue weighted by atomic mass is 9.97. The number of nitrogens with two attached hydrogens (primary N) is 1. The molecule has 3 heteroatoms. The molecule has 0 aromatic carbocycles. The molecule has 0 aromatic rings. The molecule has 1 rings (SSSR count). The summed E-state index contributed by atoms with van der Waals surface area (Å²) in [5.41, 5.74) is 4.29. The van der Waals surface area contributed by atoms with Gasteiger partial charge < -0.3 is 4.74 Å². The van der Waals surface area contributed by atoms with Gasteiger partial charge in [-0.25, -0.2) is 0 Å². The van der Waals surface area contributed by atoms with Gasteiger partial charge in [-0.15, -0.1) is 0 Å². The van der Waals surface area contributed by atoms with E-state index in [0.29, 0.717) is 6.04 Å². The van der Waals surface area contributed by atoms with Crippen LogP contribution in [0.15, 0.2) is 11.8 Å². The number of hydrogen-bond donors (Lipinski definition) is 2. The van der Waals surface area contributed by atoms with Crippen molar-refractivity contribution < 1.29 is 4.74 Å². The van der Waals surface area contributed by atoms with Crippen molar-refractivity contribution in [3.63, 3.8) is 0 Å². The van der Waals surface area contributed by atoms with Crippen LogP contribution in [0.2, 0.25) is 0 Å². The molecule has 3 nitrogen and oxygen atoms in total. The molecular weight excluding hydrogens is 248 g/mol. The van der Waals surface area contributed by atoms with Crippen LogP contribution in [0.4, 0.5) is 0 Å². The van der Waals surface area contributed by atoms with E-state index in [4.69, 9.17) is 10.6 Å². The van der Waals surface area contributed by atoms with Gasteiger partial charge in [0, 0.05) is 6.04 Å². The quantitative estimate of drug-likeness (QED) is 0.316. The van der Waals surface area contributed by atoms with Crippen molar-refractivity contribution in [2.75, 3.05) is 6.61 Å². The second kappa shape index (κ2) is 12.2. The van der Waals surface area contributed by atoms with Crippen LogP contribution in [-0.2, 0) is 4.74 Å². The molecule has 0 fully saturated rings. The first-order valence-electron chi connectivity index (χ1n) is 8.65. The average Bonchev–Trinajstić information content (AvgIpc) is 2.50. The van der Waals surface area contributed by atoms with Crippen LogP contribution in [0.1, 0.15) is 84.0 Å². The lowest BCUT2D eigenvalue weighted by Crippen LogP contribution is -2.37. The first-order chi connectivity index (χ1) is 9.88. The normalized spacial score (nSPS) is 16.6. The Hall–Kier alpha value is -0.540. The van der Waals surface area contributed by atoms with Crippen LogP contribution < -0.4 is 11.3 Å². The molecule has 1 aliphatic heterocycles. The smallest absolute Gasteiger partial charge is 0.0876 e. The number of nitrogens with one attached hydrogen (secondary N) is 1. The molecule has 1 aliphatic rings. The Kier molecular flexibility index (Phi) is 10.7. The molecule has 1 unspecified atom stereocenters. The van der Waals surface area contributed by atoms with Crippen LogP contribution in [0.5, 0.6) is 0 Å². The number of ether oxygens (including phenoxy) is 1. The molecule has 0 saturated carbocycles. The summed E-state index contributed by atoms with van der Waals surface area (Å²) in [6.07, 6.45) is 17.7. The lowest BCUT2D eigenvalue weighted by Gasteiger charge is -2.22. The Morgan fingerprint density at radius 1 is 1.10 bits per heavy atom. The number of hydrogen-bond acceptors (Lipinski definition) is 3. The molecule has 0 spiro atoms. The molecule has 0 amide bonds. The van der Waals surface area contributed by atoms with Crippen LogP contribution in [0.3, 0.4) is 0 Å². The zero-order valence-electron chi connectivity index (χ0n) is 13.3. The summed E-state index contributed by atoms with van der Waals surface area (Å²) >= 11 is 0. The Morgan fingerprint density at radius 3 is 2.30 bits per heavy atom. The third-order valence-corrected chi connectivity index (χ3v) is 4.21. The van der Waals surface area contributed by atoms with Crippen molar-refractivity contribution in [3.05, 3.63) is 11.8 Å². The Balaban J connectivity index is 1.97. The molecule has 0 aromatic heterocycles. The van der Waals surface area contributed by atoms with Gasteiger partial charge in [0.05, 0.1) is 12.9 Å². The maximum Gasteiger partial charge on any atom is 0.0876 e. The minimum Gasteiger partial charge on any atom is -0.501 e. The fourth-order valence-electron chi connectivity index (χ4n) is 2.88. The van der Waals surface area contributed by atoms with Crippen molar-refractivity contribution in [2.45, 2.75) is 90.0 Å². The van der Waals surface area contributed by atoms with Gasteiger partial charge in [0.15, 0.2) is 0 Å². The van der Waals surface area contributed by atoms with Gasteiger partial charge in [0.1, 0.15) is 0 Å². The zero-order valence-corrected chi connectivity index (χ0v) is 13.3. The predicted octanol–water partition coefficient (Wildman–Crippen LogP) is 4.43. The Bertz CT molecular complexity index is 253. The fourth-order valence-corrected chi connectivity index (χ4v) is 2.88. The minimum atomic E-state index is 0.319. The zero-order chi connectivity index (χ0) is 14.5. The van der Waals surface area contributed by atoms with Gasteiger partial charge >= 0.3 is 0 Å². The number of hydrazine groups is 1. The maximum absolute atomic E-state index is 5.67. The van der Waals surface area contributed by atoms with Crippen molar-refractivity contribution in [2.24, 2.45) is 5.84 Å². The third kappa shape index (κ3) is 7.91. The van der Waals surface area contributed by atoms with Gasteiger partial charge in [-0.2, -0.15) is 0 Å². The van der Waals surface area contributed by atoms with E-state index in [1.54, 1.807) is 0 Å². The van der Waals surface area contributed by atoms with Crippen LogP contribution in [0.25, 0.3) is 0 Å². The SMILES string of the molecule is CCCCCCCCCCCC(NN)C1=COCCC1. The summed E-state index contributed by atoms with van der Waals surface area (Å²) in [6.45, 7) is 3.13. The second-order valence-corrected chi connectivity index (χ2v) is 6.00. The summed E-state index contributed by atoms with van der Waals surface area (Å²) in [5.74, 6) is 5.67. The molecular formula is C17H34N2O. The molecule has 1 atom stereocenters. The monoisotopic (exact) mass is 282 g/mol. The molecule has 0 bridgehead atoms. The van der Waals surface area contributed by atoms with Gasteiger partial charge in [0.2, 0.25) is 0 Å². The fraction of sp³-hybridized carbons (Fsp3) is 0.882. The van der Waals surface area contributed by atoms with Crippen molar-refractivity contribution in [1.29, 1.82) is 0 Å². The highest BCUT2D eigenvalue weighted by molar-refractivity contribution is 5.09. The molecule has 0 radical (unpaired) electrons. The van der Waals surface area contributed by atoms with Crippen LogP contribution in [0, 0.1) is 0 Å². The summed E-state index contributed by atoms with van der Waals surface area (Å²) in [7, 11) is 0. The Morgan fingerprint density at radius 2 is 1.75 bits per heavy atom. The molecule has 0 aliphatic carbocycles. The molecule has 0 saturated heterocycles. The maximum atomic E-state index is 5.67. The van der Waals surface area contributed by atoms with Crippen molar-refractivity contribution in [3.8, 4) is 0 Å². The topological polar surface area (TPSA) is 47.3 Å². The Labute approximate surface area is 125 Å². The average molecular weight is 282 g/mol. The summed E-state index contributed by atoms with van der Waals surface area (Å²) in [4.78, 5) is 0. The standard InChI is InChI=1S/C17H34N2O/c1-2-3-4-5-6-7-8-9-10-13-17(19-18)16-12-11-14-20-15-16/h15,17,19H,2-14,18H2,1H3. The van der Waals surface area contributed by atoms with Crippen LogP contribution in [-0.4, -0.2) is 12.6 Å². The summed E-state index contributed by atoms with van der Waals surface area (Å²) in [5, 5.41) is 0. The highest BCUT2D eigenvalue weighted by atomic mass is 16.5. The minimum absolute atomic E-state index is 0.319. The van der Waals surface area contributed by atoms with Gasteiger partial charge in [-0.05, 0) is 24.8 Å². The van der Waals surface area contributed by atoms with E-state index in [1.807, 2.05) is 6.26 Å². The number of rotatable bonds is 12. The van der Waals surface area contributed by atoms with E-state index in [-0.39, 0.29) is 0 Å². The lowest BCUT2D eigenvalue weighted by molar-refractivity contribution is 0.218. The highest BCUT2D eigenvalue weighted by Gasteiger charge is 2.15. The van der Waals surface area contributed by atoms with Gasteiger partial charge in [0.25, 0.3) is 0 Å². The molecule has 20 heavy (non-hydrogen) atoms. The predicted molar refractivity (Wildman–Crippen MR) is 86.2 cm³/mol. The van der Waals surface area contributed by atoms with E-state index >= 15 is 0 Å². The molecule has 118 valence electrons. The highest BCUT2D eigenvalue weighted by Crippen LogP contribution is 2.20. The van der Waals surface area contributed by atoms with Crippen LogP contribution >= 0.6 is 0 Å². The summed E-state index contributed by atoms with van der Waals surface area (Å²) in [6, 6.07) is 0.319. The van der Waals surface area contributed by atoms with Gasteiger partial charge in [-0.1, -0.05) is 64.7 Å². The van der Waals surface area contributed by atoms with E-state index < -0.39 is 0 Å². The summed E-state index contributed by atoms with van der Waals surface area (Å²) < 4.78 is 5.40. The van der Waals surface area contributed by atoms with Gasteiger partial charge in [-0.3, -0.25) is 11.3 Å². The first kappa shape index (κ1) is 17.5. The first-order valence-corrected chi connectivity index (χ1v) is 8.65. The largest absolute Gasteiger partial charge is 0.501 e. The third-order valence-electron chi connectivity index (χ3n) is 4.21. The van der Waals surface area contributed by atoms with E-state index in [0.717, 1.165) is 25.9 Å². The van der Waals surface area contributed by atoms with E-state index in [9.17, 15) is 0 Å². The molecule has 1 heterocycles. The molecule has 3 N–H and O–H groups in total. The van der Waals surface area contributed by atoms with E-state index in [1.165, 1.54) is 63.4 Å². The second-order valence-electron chi connectivity index (χ2n) is 6.00. The van der Waals surface area contributed by atoms with E-state index in [2.05, 4.69) is 12.3 Å².